The van der Waals surface area contributed by atoms with Gasteiger partial charge in [0.25, 0.3) is 5.91 Å². The molecular formula is C19H27ClFN3O2. The molecule has 7 heteroatoms. The van der Waals surface area contributed by atoms with Crippen LogP contribution in [-0.4, -0.2) is 41.9 Å². The summed E-state index contributed by atoms with van der Waals surface area (Å²) in [5.41, 5.74) is 6.50. The van der Waals surface area contributed by atoms with Gasteiger partial charge in [0.15, 0.2) is 0 Å². The van der Waals surface area contributed by atoms with Crippen LogP contribution in [0.3, 0.4) is 0 Å². The number of carbonyl (C=O) groups is 2. The topological polar surface area (TPSA) is 75.4 Å². The highest BCUT2D eigenvalue weighted by atomic mass is 35.5. The van der Waals surface area contributed by atoms with E-state index in [1.54, 1.807) is 0 Å². The molecule has 3 N–H and O–H groups in total. The molecule has 0 aromatic heterocycles. The fraction of sp³-hybridized carbons (Fsp3) is 0.579. The van der Waals surface area contributed by atoms with Crippen molar-refractivity contribution in [2.45, 2.75) is 38.8 Å². The predicted octanol–water partition coefficient (Wildman–Crippen LogP) is 2.20. The van der Waals surface area contributed by atoms with Gasteiger partial charge in [-0.05, 0) is 54.9 Å². The Bertz CT molecular complexity index is 653. The summed E-state index contributed by atoms with van der Waals surface area (Å²) in [6.07, 6.45) is 2.11. The first-order chi connectivity index (χ1) is 11.9. The van der Waals surface area contributed by atoms with Crippen LogP contribution in [0.25, 0.3) is 0 Å². The molecule has 2 fully saturated rings. The van der Waals surface area contributed by atoms with E-state index in [9.17, 15) is 14.0 Å². The van der Waals surface area contributed by atoms with E-state index >= 15 is 0 Å². The van der Waals surface area contributed by atoms with Gasteiger partial charge in [-0.1, -0.05) is 13.8 Å². The second-order valence-electron chi connectivity index (χ2n) is 7.61. The highest BCUT2D eigenvalue weighted by molar-refractivity contribution is 5.97. The molecule has 1 heterocycles. The number of nitrogens with one attached hydrogen (secondary N) is 1. The second-order valence-corrected chi connectivity index (χ2v) is 7.61. The quantitative estimate of drug-likeness (QED) is 0.836. The minimum Gasteiger partial charge on any atom is -0.340 e. The number of rotatable bonds is 4. The van der Waals surface area contributed by atoms with E-state index in [2.05, 4.69) is 5.32 Å². The van der Waals surface area contributed by atoms with E-state index < -0.39 is 11.9 Å². The number of amides is 2. The Morgan fingerprint density at radius 2 is 1.85 bits per heavy atom. The monoisotopic (exact) mass is 383 g/mol. The Kier molecular flexibility index (Phi) is 6.64. The molecule has 4 atom stereocenters. The SMILES string of the molecule is CC(C)C(NC(=O)c1ccc(F)cc1)C(=O)N1CC2CCC(N)C2C1.Cl. The summed E-state index contributed by atoms with van der Waals surface area (Å²) in [6.45, 7) is 5.24. The van der Waals surface area contributed by atoms with E-state index in [1.807, 2.05) is 18.7 Å². The van der Waals surface area contributed by atoms with Crippen LogP contribution in [0.1, 0.15) is 37.0 Å². The third kappa shape index (κ3) is 4.18. The zero-order valence-corrected chi connectivity index (χ0v) is 16.0. The van der Waals surface area contributed by atoms with Crippen LogP contribution in [0.4, 0.5) is 4.39 Å². The van der Waals surface area contributed by atoms with Crippen LogP contribution in [0.2, 0.25) is 0 Å². The first-order valence-electron chi connectivity index (χ1n) is 8.97. The molecule has 1 aliphatic heterocycles. The summed E-state index contributed by atoms with van der Waals surface area (Å²) in [7, 11) is 0. The van der Waals surface area contributed by atoms with E-state index in [1.165, 1.54) is 24.3 Å². The number of benzene rings is 1. The van der Waals surface area contributed by atoms with Gasteiger partial charge in [-0.2, -0.15) is 0 Å². The fourth-order valence-corrected chi connectivity index (χ4v) is 4.02. The summed E-state index contributed by atoms with van der Waals surface area (Å²) >= 11 is 0. The normalized spacial score (nSPS) is 25.6. The summed E-state index contributed by atoms with van der Waals surface area (Å²) in [5.74, 6) is 0.0262. The minimum absolute atomic E-state index is 0. The fourth-order valence-electron chi connectivity index (χ4n) is 4.02. The van der Waals surface area contributed by atoms with Gasteiger partial charge < -0.3 is 16.0 Å². The Labute approximate surface area is 159 Å². The number of nitrogens with zero attached hydrogens (tertiary/aromatic N) is 1. The Balaban J connectivity index is 0.00000243. The molecule has 4 unspecified atom stereocenters. The lowest BCUT2D eigenvalue weighted by Crippen LogP contribution is -2.51. The lowest BCUT2D eigenvalue weighted by molar-refractivity contribution is -0.133. The maximum absolute atomic E-state index is 13.0. The molecule has 1 aromatic rings. The molecule has 1 aliphatic carbocycles. The van der Waals surface area contributed by atoms with Crippen LogP contribution in [0.5, 0.6) is 0 Å². The van der Waals surface area contributed by atoms with Gasteiger partial charge in [-0.25, -0.2) is 4.39 Å². The molecule has 5 nitrogen and oxygen atoms in total. The number of carbonyl (C=O) groups excluding carboxylic acids is 2. The molecule has 1 aromatic carbocycles. The van der Waals surface area contributed by atoms with Crippen molar-refractivity contribution in [3.05, 3.63) is 35.6 Å². The van der Waals surface area contributed by atoms with Crippen molar-refractivity contribution < 1.29 is 14.0 Å². The molecule has 26 heavy (non-hydrogen) atoms. The third-order valence-electron chi connectivity index (χ3n) is 5.55. The van der Waals surface area contributed by atoms with Crippen molar-refractivity contribution >= 4 is 24.2 Å². The number of hydrogen-bond acceptors (Lipinski definition) is 3. The Morgan fingerprint density at radius 3 is 2.42 bits per heavy atom. The van der Waals surface area contributed by atoms with Crippen LogP contribution < -0.4 is 11.1 Å². The van der Waals surface area contributed by atoms with Crippen LogP contribution in [0.15, 0.2) is 24.3 Å². The Morgan fingerprint density at radius 1 is 1.19 bits per heavy atom. The number of nitrogens with two attached hydrogens (primary N) is 1. The maximum Gasteiger partial charge on any atom is 0.251 e. The standard InChI is InChI=1S/C19H26FN3O2.ClH/c1-11(2)17(22-18(24)12-3-6-14(20)7-4-12)19(25)23-9-13-5-8-16(21)15(13)10-23;/h3-4,6-7,11,13,15-17H,5,8-10,21H2,1-2H3,(H,22,24);1H. The molecule has 144 valence electrons. The van der Waals surface area contributed by atoms with Gasteiger partial charge in [-0.15, -0.1) is 12.4 Å². The zero-order chi connectivity index (χ0) is 18.1. The molecule has 0 spiro atoms. The molecule has 2 aliphatic rings. The first-order valence-corrected chi connectivity index (χ1v) is 8.97. The molecule has 1 saturated heterocycles. The minimum atomic E-state index is -0.590. The van der Waals surface area contributed by atoms with Gasteiger partial charge in [0, 0.05) is 24.7 Å². The second kappa shape index (κ2) is 8.35. The van der Waals surface area contributed by atoms with E-state index in [0.29, 0.717) is 23.9 Å². The van der Waals surface area contributed by atoms with E-state index in [0.717, 1.165) is 19.4 Å². The van der Waals surface area contributed by atoms with E-state index in [4.69, 9.17) is 5.73 Å². The van der Waals surface area contributed by atoms with E-state index in [-0.39, 0.29) is 36.2 Å². The zero-order valence-electron chi connectivity index (χ0n) is 15.2. The summed E-state index contributed by atoms with van der Waals surface area (Å²) in [5, 5.41) is 2.82. The lowest BCUT2D eigenvalue weighted by Gasteiger charge is -2.27. The van der Waals surface area contributed by atoms with Gasteiger partial charge in [0.1, 0.15) is 11.9 Å². The number of likely N-dealkylation sites (tertiary alicyclic amines) is 1. The van der Waals surface area contributed by atoms with Crippen molar-refractivity contribution in [1.82, 2.24) is 10.2 Å². The number of hydrogen-bond donors (Lipinski definition) is 2. The molecule has 0 radical (unpaired) electrons. The Hall–Kier alpha value is -1.66. The maximum atomic E-state index is 13.0. The number of fused-ring (bicyclic) bond motifs is 1. The highest BCUT2D eigenvalue weighted by Gasteiger charge is 2.44. The summed E-state index contributed by atoms with van der Waals surface area (Å²) in [4.78, 5) is 27.2. The largest absolute Gasteiger partial charge is 0.340 e. The van der Waals surface area contributed by atoms with Crippen LogP contribution >= 0.6 is 12.4 Å². The van der Waals surface area contributed by atoms with Gasteiger partial charge in [0.2, 0.25) is 5.91 Å². The average Bonchev–Trinajstić information content (AvgIpc) is 3.14. The molecular weight excluding hydrogens is 357 g/mol. The van der Waals surface area contributed by atoms with Crippen molar-refractivity contribution in [3.8, 4) is 0 Å². The van der Waals surface area contributed by atoms with Gasteiger partial charge in [-0.3, -0.25) is 9.59 Å². The molecule has 0 bridgehead atoms. The third-order valence-corrected chi connectivity index (χ3v) is 5.55. The lowest BCUT2D eigenvalue weighted by atomic mass is 9.98. The van der Waals surface area contributed by atoms with Gasteiger partial charge >= 0.3 is 0 Å². The highest BCUT2D eigenvalue weighted by Crippen LogP contribution is 2.37. The summed E-state index contributed by atoms with van der Waals surface area (Å²) < 4.78 is 13.0. The van der Waals surface area contributed by atoms with Crippen molar-refractivity contribution in [1.29, 1.82) is 0 Å². The van der Waals surface area contributed by atoms with Gasteiger partial charge in [0.05, 0.1) is 0 Å². The summed E-state index contributed by atoms with van der Waals surface area (Å²) in [6, 6.07) is 4.91. The smallest absolute Gasteiger partial charge is 0.251 e. The predicted molar refractivity (Wildman–Crippen MR) is 101 cm³/mol. The molecule has 1 saturated carbocycles. The molecule has 2 amide bonds. The average molecular weight is 384 g/mol. The van der Waals surface area contributed by atoms with Crippen molar-refractivity contribution in [3.63, 3.8) is 0 Å². The van der Waals surface area contributed by atoms with Crippen LogP contribution in [-0.2, 0) is 4.79 Å². The first kappa shape index (κ1) is 20.6. The molecule has 3 rings (SSSR count). The van der Waals surface area contributed by atoms with Crippen molar-refractivity contribution in [2.24, 2.45) is 23.5 Å². The number of halogens is 2. The van der Waals surface area contributed by atoms with Crippen LogP contribution in [0, 0.1) is 23.6 Å². The van der Waals surface area contributed by atoms with Crippen molar-refractivity contribution in [2.75, 3.05) is 13.1 Å².